The van der Waals surface area contributed by atoms with Gasteiger partial charge in [0.05, 0.1) is 16.2 Å². The van der Waals surface area contributed by atoms with Crippen LogP contribution in [0, 0.1) is 21.4 Å². The average molecular weight is 434 g/mol. The molecule has 0 amide bonds. The second-order valence-electron chi connectivity index (χ2n) is 5.57. The molecule has 1 heterocycles. The molecule has 0 aliphatic rings. The van der Waals surface area contributed by atoms with Crippen molar-refractivity contribution in [3.8, 4) is 23.1 Å². The van der Waals surface area contributed by atoms with Crippen LogP contribution < -0.4 is 4.74 Å². The number of benzene rings is 2. The highest BCUT2D eigenvalue weighted by molar-refractivity contribution is 7.11. The lowest BCUT2D eigenvalue weighted by atomic mass is 10.1. The van der Waals surface area contributed by atoms with Crippen molar-refractivity contribution in [2.24, 2.45) is 0 Å². The van der Waals surface area contributed by atoms with E-state index >= 15 is 0 Å². The van der Waals surface area contributed by atoms with Crippen LogP contribution in [0.25, 0.3) is 22.9 Å². The number of ether oxygens (including phenoxy) is 1. The van der Waals surface area contributed by atoms with Crippen LogP contribution in [-0.4, -0.2) is 16.5 Å². The van der Waals surface area contributed by atoms with Gasteiger partial charge < -0.3 is 4.74 Å². The van der Waals surface area contributed by atoms with E-state index in [1.165, 1.54) is 17.4 Å². The van der Waals surface area contributed by atoms with E-state index in [-0.39, 0.29) is 22.6 Å². The minimum absolute atomic E-state index is 0.0284. The van der Waals surface area contributed by atoms with Crippen molar-refractivity contribution >= 4 is 40.3 Å². The van der Waals surface area contributed by atoms with E-state index < -0.39 is 11.5 Å². The molecule has 0 bridgehead atoms. The summed E-state index contributed by atoms with van der Waals surface area (Å²) in [5.41, 5.74) is 1.09. The number of non-ortho nitro benzene ring substituents is 1. The van der Waals surface area contributed by atoms with Gasteiger partial charge in [0.2, 0.25) is 0 Å². The van der Waals surface area contributed by atoms with Crippen molar-refractivity contribution in [3.63, 3.8) is 0 Å². The van der Waals surface area contributed by atoms with E-state index in [1.54, 1.807) is 29.6 Å². The number of halogens is 3. The fourth-order valence-corrected chi connectivity index (χ4v) is 3.33. The van der Waals surface area contributed by atoms with Gasteiger partial charge in [-0.1, -0.05) is 23.7 Å². The zero-order valence-corrected chi connectivity index (χ0v) is 16.0. The lowest BCUT2D eigenvalue weighted by Gasteiger charge is -2.08. The summed E-state index contributed by atoms with van der Waals surface area (Å²) < 4.78 is 29.7. The van der Waals surface area contributed by atoms with Crippen LogP contribution in [-0.2, 0) is 0 Å². The summed E-state index contributed by atoms with van der Waals surface area (Å²) in [4.78, 5) is 14.7. The van der Waals surface area contributed by atoms with Crippen molar-refractivity contribution < 1.29 is 18.4 Å². The Bertz CT molecular complexity index is 1120. The minimum Gasteiger partial charge on any atom is -0.434 e. The van der Waals surface area contributed by atoms with Crippen molar-refractivity contribution in [2.45, 2.75) is 6.61 Å². The van der Waals surface area contributed by atoms with Crippen LogP contribution in [0.4, 0.5) is 14.5 Å². The van der Waals surface area contributed by atoms with Gasteiger partial charge in [-0.05, 0) is 24.3 Å². The normalized spacial score (nSPS) is 11.3. The highest BCUT2D eigenvalue weighted by Gasteiger charge is 2.16. The molecule has 0 aliphatic heterocycles. The Morgan fingerprint density at radius 2 is 2.03 bits per heavy atom. The Kier molecular flexibility index (Phi) is 6.16. The summed E-state index contributed by atoms with van der Waals surface area (Å²) in [6.45, 7) is -3.12. The topological polar surface area (TPSA) is 89.0 Å². The van der Waals surface area contributed by atoms with Gasteiger partial charge in [-0.3, -0.25) is 10.1 Å². The molecule has 0 fully saturated rings. The molecule has 10 heteroatoms. The highest BCUT2D eigenvalue weighted by atomic mass is 35.5. The molecule has 0 spiro atoms. The Balaban J connectivity index is 2.02. The van der Waals surface area contributed by atoms with Gasteiger partial charge in [0.15, 0.2) is 0 Å². The number of nitro groups is 1. The lowest BCUT2D eigenvalue weighted by molar-refractivity contribution is -0.384. The molecule has 6 nitrogen and oxygen atoms in total. The molecule has 1 aromatic heterocycles. The summed E-state index contributed by atoms with van der Waals surface area (Å²) in [5.74, 6) is -0.284. The summed E-state index contributed by atoms with van der Waals surface area (Å²) in [5, 5.41) is 23.1. The largest absolute Gasteiger partial charge is 0.434 e. The quantitative estimate of drug-likeness (QED) is 0.268. The number of alkyl halides is 2. The SMILES string of the molecule is N#CC(=Cc1cc([N+](=O)[O-])ccc1OC(F)F)c1nc(-c2ccc(Cl)cc2)cs1. The van der Waals surface area contributed by atoms with Crippen molar-refractivity contribution in [1.29, 1.82) is 5.26 Å². The third-order valence-corrected chi connectivity index (χ3v) is 4.84. The predicted octanol–water partition coefficient (Wildman–Crippen LogP) is 6.04. The Hall–Kier alpha value is -3.35. The Labute approximate surface area is 172 Å². The first-order chi connectivity index (χ1) is 13.9. The maximum absolute atomic E-state index is 12.7. The summed E-state index contributed by atoms with van der Waals surface area (Å²) in [6.07, 6.45) is 1.23. The fourth-order valence-electron chi connectivity index (χ4n) is 2.41. The van der Waals surface area contributed by atoms with Crippen LogP contribution >= 0.6 is 22.9 Å². The Morgan fingerprint density at radius 3 is 2.66 bits per heavy atom. The maximum Gasteiger partial charge on any atom is 0.387 e. The molecule has 0 saturated carbocycles. The maximum atomic E-state index is 12.7. The molecule has 3 rings (SSSR count). The molecule has 0 atom stereocenters. The summed E-state index contributed by atoms with van der Waals surface area (Å²) >= 11 is 7.04. The predicted molar refractivity (Wildman–Crippen MR) is 106 cm³/mol. The number of rotatable bonds is 6. The first-order valence-electron chi connectivity index (χ1n) is 7.94. The number of hydrogen-bond donors (Lipinski definition) is 0. The zero-order chi connectivity index (χ0) is 21.0. The fraction of sp³-hybridized carbons (Fsp3) is 0.0526. The van der Waals surface area contributed by atoms with Crippen LogP contribution in [0.5, 0.6) is 5.75 Å². The van der Waals surface area contributed by atoms with Gasteiger partial charge in [-0.25, -0.2) is 4.98 Å². The molecule has 0 saturated heterocycles. The van der Waals surface area contributed by atoms with Gasteiger partial charge in [-0.2, -0.15) is 14.0 Å². The number of nitrogens with zero attached hydrogens (tertiary/aromatic N) is 3. The van der Waals surface area contributed by atoms with Crippen LogP contribution in [0.2, 0.25) is 5.02 Å². The number of hydrogen-bond acceptors (Lipinski definition) is 6. The van der Waals surface area contributed by atoms with Crippen molar-refractivity contribution in [2.75, 3.05) is 0 Å². The van der Waals surface area contributed by atoms with Crippen LogP contribution in [0.1, 0.15) is 10.6 Å². The second-order valence-corrected chi connectivity index (χ2v) is 6.87. The monoisotopic (exact) mass is 433 g/mol. The molecule has 3 aromatic rings. The zero-order valence-electron chi connectivity index (χ0n) is 14.4. The molecule has 0 aliphatic carbocycles. The van der Waals surface area contributed by atoms with Crippen molar-refractivity contribution in [3.05, 3.63) is 73.6 Å². The van der Waals surface area contributed by atoms with Gasteiger partial charge >= 0.3 is 6.61 Å². The standard InChI is InChI=1S/C19H10ClF2N3O3S/c20-14-3-1-11(2-4-14)16-10-29-18(24-16)13(9-23)7-12-8-15(25(26)27)5-6-17(12)28-19(21)22/h1-8,10,19H. The molecule has 0 N–H and O–H groups in total. The highest BCUT2D eigenvalue weighted by Crippen LogP contribution is 2.32. The second kappa shape index (κ2) is 8.77. The van der Waals surface area contributed by atoms with E-state index in [0.717, 1.165) is 23.8 Å². The number of nitro benzene ring substituents is 1. The lowest BCUT2D eigenvalue weighted by Crippen LogP contribution is -2.03. The third kappa shape index (κ3) is 4.93. The van der Waals surface area contributed by atoms with E-state index in [9.17, 15) is 24.2 Å². The summed E-state index contributed by atoms with van der Waals surface area (Å²) in [6, 6.07) is 12.1. The van der Waals surface area contributed by atoms with E-state index in [0.29, 0.717) is 15.7 Å². The molecule has 2 aromatic carbocycles. The summed E-state index contributed by atoms with van der Waals surface area (Å²) in [7, 11) is 0. The first-order valence-corrected chi connectivity index (χ1v) is 9.20. The van der Waals surface area contributed by atoms with Crippen molar-refractivity contribution in [1.82, 2.24) is 4.98 Å². The van der Waals surface area contributed by atoms with Gasteiger partial charge in [-0.15, -0.1) is 11.3 Å². The van der Waals surface area contributed by atoms with E-state index in [1.807, 2.05) is 6.07 Å². The van der Waals surface area contributed by atoms with E-state index in [2.05, 4.69) is 9.72 Å². The third-order valence-electron chi connectivity index (χ3n) is 3.72. The molecule has 0 unspecified atom stereocenters. The van der Waals surface area contributed by atoms with Gasteiger partial charge in [0, 0.05) is 33.7 Å². The molecule has 0 radical (unpaired) electrons. The number of thiazole rings is 1. The first kappa shape index (κ1) is 20.4. The molecular formula is C19H10ClF2N3O3S. The minimum atomic E-state index is -3.12. The Morgan fingerprint density at radius 1 is 1.31 bits per heavy atom. The smallest absolute Gasteiger partial charge is 0.387 e. The van der Waals surface area contributed by atoms with Crippen LogP contribution in [0.3, 0.4) is 0 Å². The number of aromatic nitrogens is 1. The number of allylic oxidation sites excluding steroid dienone is 1. The average Bonchev–Trinajstić information content (AvgIpc) is 3.17. The van der Waals surface area contributed by atoms with Gasteiger partial charge in [0.25, 0.3) is 5.69 Å². The molecule has 29 heavy (non-hydrogen) atoms. The van der Waals surface area contributed by atoms with E-state index in [4.69, 9.17) is 11.6 Å². The van der Waals surface area contributed by atoms with Crippen LogP contribution in [0.15, 0.2) is 47.8 Å². The number of nitriles is 1. The molecular weight excluding hydrogens is 424 g/mol. The molecule has 146 valence electrons. The van der Waals surface area contributed by atoms with Gasteiger partial charge in [0.1, 0.15) is 16.8 Å².